The van der Waals surface area contributed by atoms with E-state index in [1.165, 1.54) is 12.1 Å². The smallest absolute Gasteiger partial charge is 0.324 e. The number of halogens is 1. The van der Waals surface area contributed by atoms with Gasteiger partial charge in [-0.3, -0.25) is 10.3 Å². The van der Waals surface area contributed by atoms with Gasteiger partial charge in [-0.25, -0.2) is 18.9 Å². The number of pyridine rings is 1. The van der Waals surface area contributed by atoms with E-state index in [0.29, 0.717) is 41.1 Å². The Hall–Kier alpha value is -4.93. The molecule has 1 aliphatic rings. The summed E-state index contributed by atoms with van der Waals surface area (Å²) in [7, 11) is 1.58. The maximum absolute atomic E-state index is 15.0. The molecule has 1 aliphatic heterocycles. The molecule has 3 N–H and O–H groups in total. The van der Waals surface area contributed by atoms with Crippen LogP contribution in [0.25, 0.3) is 5.69 Å². The van der Waals surface area contributed by atoms with Crippen LogP contribution in [0.5, 0.6) is 17.2 Å². The number of hydrogen-bond acceptors (Lipinski definition) is 7. The van der Waals surface area contributed by atoms with Gasteiger partial charge in [0.05, 0.1) is 30.7 Å². The van der Waals surface area contributed by atoms with Gasteiger partial charge in [0, 0.05) is 42.1 Å². The minimum Gasteiger partial charge on any atom is -0.497 e. The number of hydrogen-bond donors (Lipinski definition) is 3. The predicted octanol–water partition coefficient (Wildman–Crippen LogP) is 6.28. The van der Waals surface area contributed by atoms with Gasteiger partial charge in [0.1, 0.15) is 28.8 Å². The molecule has 10 nitrogen and oxygen atoms in total. The molecule has 39 heavy (non-hydrogen) atoms. The SMILES string of the molecule is COc1cccc(-n2nc(C(C)(C)C)cc2NC(=O)Nc2ccc(Oc3ccnc4c3N=CCN4)cc2F)c1. The highest BCUT2D eigenvalue weighted by Gasteiger charge is 2.22. The summed E-state index contributed by atoms with van der Waals surface area (Å²) in [4.78, 5) is 21.5. The van der Waals surface area contributed by atoms with Crippen molar-refractivity contribution in [1.29, 1.82) is 0 Å². The van der Waals surface area contributed by atoms with Crippen LogP contribution >= 0.6 is 0 Å². The number of aromatic nitrogens is 3. The third kappa shape index (κ3) is 5.66. The molecule has 5 rings (SSSR count). The Labute approximate surface area is 224 Å². The Bertz CT molecular complexity index is 1560. The Kier molecular flexibility index (Phi) is 6.88. The average Bonchev–Trinajstić information content (AvgIpc) is 3.35. The molecule has 0 saturated carbocycles. The number of nitrogens with one attached hydrogen (secondary N) is 3. The number of rotatable bonds is 6. The van der Waals surface area contributed by atoms with Crippen molar-refractivity contribution in [2.45, 2.75) is 26.2 Å². The molecule has 0 aliphatic carbocycles. The first-order valence-corrected chi connectivity index (χ1v) is 12.3. The molecule has 0 bridgehead atoms. The molecule has 11 heteroatoms. The number of urea groups is 1. The highest BCUT2D eigenvalue weighted by atomic mass is 19.1. The van der Waals surface area contributed by atoms with Crippen molar-refractivity contribution in [3.8, 4) is 22.9 Å². The lowest BCUT2D eigenvalue weighted by atomic mass is 9.92. The summed E-state index contributed by atoms with van der Waals surface area (Å²) in [5, 5.41) is 13.1. The third-order valence-corrected chi connectivity index (χ3v) is 5.90. The van der Waals surface area contributed by atoms with Gasteiger partial charge in [0.25, 0.3) is 0 Å². The zero-order chi connectivity index (χ0) is 27.6. The lowest BCUT2D eigenvalue weighted by Gasteiger charge is -2.15. The molecule has 0 unspecified atom stereocenters. The topological polar surface area (TPSA) is 115 Å². The second kappa shape index (κ2) is 10.4. The summed E-state index contributed by atoms with van der Waals surface area (Å²) >= 11 is 0. The van der Waals surface area contributed by atoms with Crippen LogP contribution in [0.4, 0.5) is 32.2 Å². The number of amides is 2. The first-order chi connectivity index (χ1) is 18.7. The van der Waals surface area contributed by atoms with Crippen LogP contribution in [0.2, 0.25) is 0 Å². The second-order valence-electron chi connectivity index (χ2n) is 9.80. The van der Waals surface area contributed by atoms with Crippen LogP contribution in [0, 0.1) is 5.82 Å². The predicted molar refractivity (Wildman–Crippen MR) is 149 cm³/mol. The molecule has 2 aromatic carbocycles. The molecule has 4 aromatic rings. The number of benzene rings is 2. The summed E-state index contributed by atoms with van der Waals surface area (Å²) in [6, 6.07) is 14.3. The van der Waals surface area contributed by atoms with Crippen LogP contribution in [0.3, 0.4) is 0 Å². The fourth-order valence-electron chi connectivity index (χ4n) is 3.89. The maximum atomic E-state index is 15.0. The molecule has 0 atom stereocenters. The first-order valence-electron chi connectivity index (χ1n) is 12.3. The van der Waals surface area contributed by atoms with Gasteiger partial charge in [-0.2, -0.15) is 5.10 Å². The van der Waals surface area contributed by atoms with E-state index in [4.69, 9.17) is 14.6 Å². The Balaban J connectivity index is 1.34. The molecule has 0 radical (unpaired) electrons. The van der Waals surface area contributed by atoms with E-state index in [1.807, 2.05) is 45.0 Å². The van der Waals surface area contributed by atoms with Crippen molar-refractivity contribution in [3.05, 3.63) is 72.3 Å². The fraction of sp³-hybridized carbons (Fsp3) is 0.214. The summed E-state index contributed by atoms with van der Waals surface area (Å²) in [6.07, 6.45) is 3.29. The van der Waals surface area contributed by atoms with Gasteiger partial charge in [0.15, 0.2) is 11.6 Å². The van der Waals surface area contributed by atoms with Crippen LogP contribution in [-0.4, -0.2) is 40.7 Å². The zero-order valence-electron chi connectivity index (χ0n) is 21.9. The van der Waals surface area contributed by atoms with Gasteiger partial charge >= 0.3 is 6.03 Å². The number of fused-ring (bicyclic) bond motifs is 1. The minimum absolute atomic E-state index is 0.0141. The Morgan fingerprint density at radius 1 is 1.08 bits per heavy atom. The van der Waals surface area contributed by atoms with Crippen molar-refractivity contribution < 1.29 is 18.7 Å². The normalized spacial score (nSPS) is 12.3. The van der Waals surface area contributed by atoms with Gasteiger partial charge in [-0.1, -0.05) is 26.8 Å². The summed E-state index contributed by atoms with van der Waals surface area (Å²) in [5.41, 5.74) is 1.72. The van der Waals surface area contributed by atoms with E-state index in [9.17, 15) is 9.18 Å². The van der Waals surface area contributed by atoms with E-state index in [2.05, 4.69) is 25.9 Å². The maximum Gasteiger partial charge on any atom is 0.324 e. The quantitative estimate of drug-likeness (QED) is 0.271. The summed E-state index contributed by atoms with van der Waals surface area (Å²) in [6.45, 7) is 6.65. The van der Waals surface area contributed by atoms with Crippen LogP contribution in [0.15, 0.2) is 65.8 Å². The van der Waals surface area contributed by atoms with Crippen LogP contribution in [-0.2, 0) is 5.41 Å². The van der Waals surface area contributed by atoms with Crippen molar-refractivity contribution in [2.75, 3.05) is 29.6 Å². The number of carbonyl (C=O) groups is 1. The summed E-state index contributed by atoms with van der Waals surface area (Å²) in [5.74, 6) is 1.68. The van der Waals surface area contributed by atoms with Gasteiger partial charge in [-0.15, -0.1) is 0 Å². The van der Waals surface area contributed by atoms with Crippen molar-refractivity contribution in [3.63, 3.8) is 0 Å². The zero-order valence-corrected chi connectivity index (χ0v) is 21.9. The fourth-order valence-corrected chi connectivity index (χ4v) is 3.89. The molecule has 2 aromatic heterocycles. The Morgan fingerprint density at radius 2 is 1.92 bits per heavy atom. The van der Waals surface area contributed by atoms with Crippen molar-refractivity contribution in [1.82, 2.24) is 14.8 Å². The number of anilines is 3. The highest BCUT2D eigenvalue weighted by molar-refractivity contribution is 5.99. The standard InChI is InChI=1S/C28H28FN7O3/c1-28(2,3)23-16-24(36(35-23)17-6-5-7-18(14-17)38-4)34-27(37)33-21-9-8-19(15-20(21)29)39-22-10-11-31-26-25(22)30-12-13-32-26/h5-12,14-16H,13H2,1-4H3,(H,31,32)(H2,33,34,37). The van der Waals surface area contributed by atoms with E-state index < -0.39 is 11.8 Å². The van der Waals surface area contributed by atoms with Crippen molar-refractivity contribution in [2.24, 2.45) is 4.99 Å². The number of aliphatic imine (C=N–C) groups is 1. The molecular weight excluding hydrogens is 501 g/mol. The van der Waals surface area contributed by atoms with E-state index >= 15 is 0 Å². The van der Waals surface area contributed by atoms with E-state index in [1.54, 1.807) is 42.4 Å². The van der Waals surface area contributed by atoms with Crippen LogP contribution < -0.4 is 25.4 Å². The first kappa shape index (κ1) is 25.7. The van der Waals surface area contributed by atoms with Crippen LogP contribution in [0.1, 0.15) is 26.5 Å². The van der Waals surface area contributed by atoms with Gasteiger partial charge in [0.2, 0.25) is 0 Å². The molecule has 0 saturated heterocycles. The Morgan fingerprint density at radius 3 is 2.69 bits per heavy atom. The molecule has 200 valence electrons. The second-order valence-corrected chi connectivity index (χ2v) is 9.80. The third-order valence-electron chi connectivity index (χ3n) is 5.90. The van der Waals surface area contributed by atoms with E-state index in [-0.39, 0.29) is 16.9 Å². The average molecular weight is 530 g/mol. The molecule has 3 heterocycles. The monoisotopic (exact) mass is 529 g/mol. The number of nitrogens with zero attached hydrogens (tertiary/aromatic N) is 4. The molecule has 0 spiro atoms. The largest absolute Gasteiger partial charge is 0.497 e. The number of ether oxygens (including phenoxy) is 2. The minimum atomic E-state index is -0.663. The molecular formula is C28H28FN7O3. The number of carbonyl (C=O) groups excluding carboxylic acids is 1. The van der Waals surface area contributed by atoms with E-state index in [0.717, 1.165) is 5.69 Å². The lowest BCUT2D eigenvalue weighted by molar-refractivity contribution is 0.262. The van der Waals surface area contributed by atoms with Gasteiger partial charge in [-0.05, 0) is 24.3 Å². The van der Waals surface area contributed by atoms with Crippen molar-refractivity contribution >= 4 is 35.3 Å². The molecule has 0 fully saturated rings. The highest BCUT2D eigenvalue weighted by Crippen LogP contribution is 2.38. The lowest BCUT2D eigenvalue weighted by Crippen LogP contribution is -2.22. The molecule has 2 amide bonds. The summed E-state index contributed by atoms with van der Waals surface area (Å²) < 4.78 is 27.8. The van der Waals surface area contributed by atoms with Gasteiger partial charge < -0.3 is 20.1 Å². The number of methoxy groups -OCH3 is 1.